The molecule has 19 atom stereocenters. The number of nitrogens with two attached hydrogens (primary N) is 6. The molecular weight excluding hydrogens is 1910 g/mol. The quantitative estimate of drug-likeness (QED) is 0.0170. The van der Waals surface area contributed by atoms with E-state index in [4.69, 9.17) is 34.4 Å². The Morgan fingerprint density at radius 3 is 1.03 bits per heavy atom. The van der Waals surface area contributed by atoms with E-state index < -0.39 is 271 Å². The second-order valence-electron chi connectivity index (χ2n) is 37.5. The monoisotopic (exact) mass is 2080 g/mol. The average Bonchev–Trinajstić information content (AvgIpc) is 0.844. The first-order valence-corrected chi connectivity index (χ1v) is 52.0. The Bertz CT molecular complexity index is 4310. The number of carboxylic acid groups (broad SMARTS) is 3. The van der Waals surface area contributed by atoms with Gasteiger partial charge in [-0.3, -0.25) is 101 Å². The fraction of sp³-hybridized carbons (Fsp3) is 0.713. The fourth-order valence-corrected chi connectivity index (χ4v) is 15.7. The number of unbranched alkanes of at least 4 members (excludes halogenated alkanes) is 3. The minimum Gasteiger partial charge on any atom is -0.481 e. The van der Waals surface area contributed by atoms with Gasteiger partial charge in [0.2, 0.25) is 100 Å². The van der Waals surface area contributed by atoms with E-state index in [9.17, 15) is 116 Å². The number of guanidine groups is 1. The molecule has 33 N–H and O–H groups in total. The summed E-state index contributed by atoms with van der Waals surface area (Å²) in [4.78, 5) is 283. The second-order valence-corrected chi connectivity index (χ2v) is 39.5. The number of hydrogen-bond donors (Lipinski definition) is 27. The summed E-state index contributed by atoms with van der Waals surface area (Å²) in [6.45, 7) is 20.0. The first-order valence-electron chi connectivity index (χ1n) is 49.2. The summed E-state index contributed by atoms with van der Waals surface area (Å²) in [5.74, 6) is -23.4. The van der Waals surface area contributed by atoms with Gasteiger partial charge in [-0.1, -0.05) is 126 Å². The number of aliphatic carboxylic acids is 3. The van der Waals surface area contributed by atoms with Gasteiger partial charge in [-0.25, -0.2) is 0 Å². The van der Waals surface area contributed by atoms with Crippen molar-refractivity contribution in [2.24, 2.45) is 74.9 Å². The van der Waals surface area contributed by atoms with Crippen LogP contribution in [0, 0.1) is 35.5 Å². The maximum Gasteiger partial charge on any atom is 0.322 e. The Hall–Kier alpha value is -11.6. The highest BCUT2D eigenvalue weighted by Gasteiger charge is 2.42. The van der Waals surface area contributed by atoms with Crippen LogP contribution < -0.4 is 125 Å². The van der Waals surface area contributed by atoms with Crippen molar-refractivity contribution in [1.29, 1.82) is 0 Å². The molecule has 17 amide bonds. The third-order valence-corrected chi connectivity index (χ3v) is 24.5. The summed E-state index contributed by atoms with van der Waals surface area (Å²) in [6, 6.07) is -15.5. The molecule has 0 aromatic heterocycles. The van der Waals surface area contributed by atoms with E-state index in [1.807, 2.05) is 6.26 Å². The van der Waals surface area contributed by atoms with Gasteiger partial charge in [0.1, 0.15) is 97.2 Å². The summed E-state index contributed by atoms with van der Waals surface area (Å²) in [5, 5.41) is 83.8. The molecular formula is C94H164N24O24S2. The minimum atomic E-state index is -2.05. The summed E-state index contributed by atoms with van der Waals surface area (Å²) in [7, 11) is 0. The summed E-state index contributed by atoms with van der Waals surface area (Å²) in [6.07, 6.45) is 1.13. The first kappa shape index (κ1) is 130. The number of aliphatic hydroxyl groups excluding tert-OH is 1. The summed E-state index contributed by atoms with van der Waals surface area (Å²) in [5.41, 5.74) is 35.6. The standard InChI is InChI=1S/C94H164N24O24S2/c1-16-54(11)75(91(140)108-63(35-41-144-15)79(128)103-49-73(125)126)118-92(141)76(55(12)17-2)117-84(133)62(33-27-39-101-94(99)100)104-81(130)59(30-21-24-36-95)105-85(134)65(43-51(5)6)113-90(139)74(53(9)10)116-83(132)61(32-23-26-38-97)107-88(137)68(46-71(121)122)112-87(136)64(42-50(3)4)110-89(138)69(47-72(123)124)111-82(131)60(31-22-25-37-96)106-86(135)66(44-52(7)8)114-93(142)77(56(13)119)115-70(120)48-102-80(129)67(45-57-28-19-18-20-29-57)109-78(127)58(98)34-40-143-14/h18-20,28-29,50-56,58-69,74-77,119H,16-17,21-27,30-49,95-98H2,1-15H3,(H,102,129)(H,103,128)(H,104,130)(H,105,134)(H,106,135)(H,107,137)(H,108,140)(H,109,127)(H,110,138)(H,111,131)(H,112,136)(H,113,139)(H,114,142)(H,115,120)(H,116,132)(H,117,133)(H,118,141)(H,121,122)(H,123,124)(H,125,126)(H4,99,100,101)/t54-,55-,56+,58-,59-,60-,61-,62-,63-,64-,65-,66-,67-,68-,69-,74-,75-,76-,77-/m0/s1. The molecule has 0 bridgehead atoms. The van der Waals surface area contributed by atoms with Crippen molar-refractivity contribution in [3.63, 3.8) is 0 Å². The van der Waals surface area contributed by atoms with Gasteiger partial charge in [0.15, 0.2) is 5.96 Å². The van der Waals surface area contributed by atoms with Crippen LogP contribution in [0.5, 0.6) is 0 Å². The molecule has 0 saturated carbocycles. The number of rotatable bonds is 75. The Kier molecular flexibility index (Phi) is 64.3. The zero-order chi connectivity index (χ0) is 109. The number of thioether (sulfide) groups is 2. The van der Waals surface area contributed by atoms with Gasteiger partial charge in [0.05, 0.1) is 31.5 Å². The van der Waals surface area contributed by atoms with Crippen molar-refractivity contribution in [2.75, 3.05) is 63.3 Å². The summed E-state index contributed by atoms with van der Waals surface area (Å²) < 4.78 is 0. The largest absolute Gasteiger partial charge is 0.481 e. The van der Waals surface area contributed by atoms with E-state index in [1.54, 1.807) is 120 Å². The van der Waals surface area contributed by atoms with Gasteiger partial charge in [-0.2, -0.15) is 23.5 Å². The zero-order valence-corrected chi connectivity index (χ0v) is 87.5. The molecule has 144 heavy (non-hydrogen) atoms. The highest BCUT2D eigenvalue weighted by atomic mass is 32.2. The molecule has 0 fully saturated rings. The molecule has 0 saturated heterocycles. The smallest absolute Gasteiger partial charge is 0.322 e. The van der Waals surface area contributed by atoms with Crippen molar-refractivity contribution >= 4 is 148 Å². The van der Waals surface area contributed by atoms with Crippen LogP contribution in [0.15, 0.2) is 35.3 Å². The van der Waals surface area contributed by atoms with E-state index in [0.717, 1.165) is 0 Å². The lowest BCUT2D eigenvalue weighted by atomic mass is 9.94. The highest BCUT2D eigenvalue weighted by Crippen LogP contribution is 2.20. The van der Waals surface area contributed by atoms with Crippen LogP contribution in [0.3, 0.4) is 0 Å². The topological polar surface area (TPSA) is 795 Å². The number of carbonyl (C=O) groups excluding carboxylic acids is 17. The van der Waals surface area contributed by atoms with Crippen LogP contribution in [0.2, 0.25) is 0 Å². The average molecular weight is 2080 g/mol. The number of carbonyl (C=O) groups is 20. The molecule has 816 valence electrons. The number of hydrogen-bond acceptors (Lipinski definition) is 28. The molecule has 1 aromatic rings. The molecule has 0 radical (unpaired) electrons. The van der Waals surface area contributed by atoms with Crippen molar-refractivity contribution in [1.82, 2.24) is 90.4 Å². The lowest BCUT2D eigenvalue weighted by Crippen LogP contribution is -2.62. The van der Waals surface area contributed by atoms with Crippen molar-refractivity contribution in [2.45, 2.75) is 328 Å². The van der Waals surface area contributed by atoms with Gasteiger partial charge < -0.3 is 145 Å². The minimum absolute atomic E-state index is 0.00508. The number of aliphatic imine (C=N–C) groups is 1. The fourth-order valence-electron chi connectivity index (χ4n) is 14.7. The lowest BCUT2D eigenvalue weighted by Gasteiger charge is -2.31. The summed E-state index contributed by atoms with van der Waals surface area (Å²) >= 11 is 2.84. The van der Waals surface area contributed by atoms with Crippen LogP contribution in [0.1, 0.15) is 224 Å². The SMILES string of the molecule is CC[C@H](C)[C@H](NC(=O)[C@H](CCCN=C(N)N)NC(=O)[C@H](CCCCN)NC(=O)[C@H](CC(C)C)NC(=O)[C@@H](NC(=O)[C@H](CCCCN)NC(=O)[C@H](CC(=O)O)NC(=O)[C@H](CC(C)C)NC(=O)[C@H](CC(=O)O)NC(=O)[C@H](CCCCN)NC(=O)[C@H](CC(C)C)NC(=O)[C@@H](NC(=O)CNC(=O)[C@H](Cc1ccccc1)NC(=O)[C@@H](N)CCSC)[C@@H](C)O)C(C)C)C(=O)N[C@H](C(=O)N[C@@H](CCSC)C(=O)NCC(=O)O)[C@@H](C)CC. The van der Waals surface area contributed by atoms with Crippen LogP contribution in [0.4, 0.5) is 0 Å². The van der Waals surface area contributed by atoms with Crippen LogP contribution >= 0.6 is 23.5 Å². The van der Waals surface area contributed by atoms with Crippen LogP contribution in [-0.4, -0.2) is 311 Å². The van der Waals surface area contributed by atoms with Crippen molar-refractivity contribution in [3.8, 4) is 0 Å². The Labute approximate surface area is 851 Å². The number of nitrogens with zero attached hydrogens (tertiary/aromatic N) is 1. The Morgan fingerprint density at radius 1 is 0.340 bits per heavy atom. The first-order chi connectivity index (χ1) is 67.8. The lowest BCUT2D eigenvalue weighted by molar-refractivity contribution is -0.142. The van der Waals surface area contributed by atoms with Gasteiger partial charge in [0.25, 0.3) is 0 Å². The number of benzene rings is 1. The maximum absolute atomic E-state index is 14.8. The molecule has 1 rings (SSSR count). The van der Waals surface area contributed by atoms with Crippen LogP contribution in [0.25, 0.3) is 0 Å². The molecule has 0 unspecified atom stereocenters. The van der Waals surface area contributed by atoms with E-state index in [2.05, 4.69) is 95.4 Å². The Morgan fingerprint density at radius 2 is 0.653 bits per heavy atom. The van der Waals surface area contributed by atoms with Crippen molar-refractivity contribution < 1.29 is 116 Å². The molecule has 0 spiro atoms. The third kappa shape index (κ3) is 52.3. The van der Waals surface area contributed by atoms with Gasteiger partial charge >= 0.3 is 17.9 Å². The number of aliphatic hydroxyl groups is 1. The van der Waals surface area contributed by atoms with E-state index >= 15 is 0 Å². The molecule has 50 heteroatoms. The molecule has 1 aromatic carbocycles. The van der Waals surface area contributed by atoms with E-state index in [0.29, 0.717) is 42.8 Å². The van der Waals surface area contributed by atoms with Crippen LogP contribution in [-0.2, 0) is 102 Å². The highest BCUT2D eigenvalue weighted by molar-refractivity contribution is 7.98. The molecule has 0 aliphatic heterocycles. The number of nitrogens with one attached hydrogen (secondary N) is 17. The predicted octanol–water partition coefficient (Wildman–Crippen LogP) is -3.69. The normalized spacial score (nSPS) is 15.2. The molecule has 48 nitrogen and oxygen atoms in total. The predicted molar refractivity (Wildman–Crippen MR) is 544 cm³/mol. The number of carboxylic acids is 3. The Balaban J connectivity index is 3.77. The van der Waals surface area contributed by atoms with E-state index in [1.165, 1.54) is 30.4 Å². The maximum atomic E-state index is 14.8. The molecule has 0 heterocycles. The van der Waals surface area contributed by atoms with Gasteiger partial charge in [0, 0.05) is 13.0 Å². The number of amides is 17. The third-order valence-electron chi connectivity index (χ3n) is 23.2. The second kappa shape index (κ2) is 71.0. The van der Waals surface area contributed by atoms with Gasteiger partial charge in [-0.05, 0) is 194 Å². The van der Waals surface area contributed by atoms with E-state index in [-0.39, 0.29) is 140 Å². The van der Waals surface area contributed by atoms with Crippen molar-refractivity contribution in [3.05, 3.63) is 35.9 Å². The molecule has 0 aliphatic carbocycles. The molecule has 0 aliphatic rings. The zero-order valence-electron chi connectivity index (χ0n) is 85.9. The van der Waals surface area contributed by atoms with Gasteiger partial charge in [-0.15, -0.1) is 0 Å².